The van der Waals surface area contributed by atoms with Crippen molar-refractivity contribution >= 4 is 26.6 Å². The molecule has 1 unspecified atom stereocenters. The zero-order chi connectivity index (χ0) is 25.9. The van der Waals surface area contributed by atoms with E-state index in [4.69, 9.17) is 0 Å². The number of benzene rings is 1. The van der Waals surface area contributed by atoms with E-state index in [9.17, 15) is 0 Å². The summed E-state index contributed by atoms with van der Waals surface area (Å²) < 4.78 is 0. The second-order valence-electron chi connectivity index (χ2n) is 10.7. The maximum atomic E-state index is 2.42. The SMILES string of the molecule is CCCCC[Si](CCCCC)(CCCCC)CCP(c1ccc(C)cc1)c1ccc[cH-]1.[Fe+2].c1cc[cH-]c1. The summed E-state index contributed by atoms with van der Waals surface area (Å²) in [5, 5.41) is 3.18. The van der Waals surface area contributed by atoms with Crippen molar-refractivity contribution in [2.75, 3.05) is 6.16 Å². The van der Waals surface area contributed by atoms with E-state index >= 15 is 0 Å². The second-order valence-corrected chi connectivity index (χ2v) is 18.0. The number of hydrogen-bond donors (Lipinski definition) is 0. The zero-order valence-electron chi connectivity index (χ0n) is 24.2. The van der Waals surface area contributed by atoms with Gasteiger partial charge in [-0.3, -0.25) is 0 Å². The number of aryl methyl sites for hydroxylation is 1. The third kappa shape index (κ3) is 13.6. The molecule has 1 atom stereocenters. The molecule has 0 bridgehead atoms. The summed E-state index contributed by atoms with van der Waals surface area (Å²) in [6, 6.07) is 35.1. The van der Waals surface area contributed by atoms with Crippen LogP contribution in [-0.4, -0.2) is 14.2 Å². The summed E-state index contributed by atoms with van der Waals surface area (Å²) in [7, 11) is -1.42. The molecule has 3 aromatic carbocycles. The van der Waals surface area contributed by atoms with Crippen molar-refractivity contribution in [1.82, 2.24) is 0 Å². The van der Waals surface area contributed by atoms with E-state index in [-0.39, 0.29) is 25.0 Å². The summed E-state index contributed by atoms with van der Waals surface area (Å²) in [4.78, 5) is 0. The Bertz CT molecular complexity index is 810. The van der Waals surface area contributed by atoms with E-state index in [0.29, 0.717) is 0 Å². The molecule has 206 valence electrons. The van der Waals surface area contributed by atoms with Gasteiger partial charge in [0.1, 0.15) is 0 Å². The Kier molecular flexibility index (Phi) is 19.3. The van der Waals surface area contributed by atoms with Crippen molar-refractivity contribution in [2.24, 2.45) is 0 Å². The van der Waals surface area contributed by atoms with Gasteiger partial charge in [-0.1, -0.05) is 140 Å². The minimum absolute atomic E-state index is 0. The van der Waals surface area contributed by atoms with E-state index in [1.165, 1.54) is 69.5 Å². The first-order chi connectivity index (χ1) is 17.6. The summed E-state index contributed by atoms with van der Waals surface area (Å²) in [5.74, 6) is 0. The van der Waals surface area contributed by atoms with Crippen LogP contribution in [0.1, 0.15) is 84.1 Å². The molecule has 0 nitrogen and oxygen atoms in total. The number of hydrogen-bond acceptors (Lipinski definition) is 0. The Morgan fingerprint density at radius 2 is 1.19 bits per heavy atom. The molecule has 0 saturated heterocycles. The first-order valence-electron chi connectivity index (χ1n) is 14.9. The molecule has 0 aliphatic heterocycles. The van der Waals surface area contributed by atoms with Gasteiger partial charge in [-0.25, -0.2) is 24.3 Å². The van der Waals surface area contributed by atoms with Crippen LogP contribution in [-0.2, 0) is 17.1 Å². The van der Waals surface area contributed by atoms with Gasteiger partial charge in [0.2, 0.25) is 0 Å². The van der Waals surface area contributed by atoms with Crippen molar-refractivity contribution in [3.05, 3.63) is 84.4 Å². The fraction of sp³-hybridized carbons (Fsp3) is 0.529. The molecule has 0 spiro atoms. The van der Waals surface area contributed by atoms with E-state index in [1.54, 1.807) is 34.8 Å². The molecule has 0 aromatic heterocycles. The standard InChI is InChI=1S/C29H48PSi.C5H5.Fe/c1-5-8-13-23-31(24-14-9-6-2,25-15-10-7-3)26-22-30(28-16-11-12-17-28)29-20-18-27(4)19-21-29;1-2-4-5-3-1;/h11-12,16-21H,5-10,13-15,22-26H2,1-4H3;1-5H;/q2*-1;+2. The Labute approximate surface area is 243 Å². The van der Waals surface area contributed by atoms with Crippen LogP contribution in [0.3, 0.4) is 0 Å². The molecule has 0 radical (unpaired) electrons. The van der Waals surface area contributed by atoms with Crippen LogP contribution in [0.15, 0.2) is 78.9 Å². The van der Waals surface area contributed by atoms with E-state index in [2.05, 4.69) is 76.2 Å². The van der Waals surface area contributed by atoms with Gasteiger partial charge in [-0.05, 0) is 18.4 Å². The number of unbranched alkanes of at least 4 members (excludes halogenated alkanes) is 6. The van der Waals surface area contributed by atoms with Gasteiger partial charge in [0.15, 0.2) is 0 Å². The first-order valence-corrected chi connectivity index (χ1v) is 19.2. The van der Waals surface area contributed by atoms with Crippen molar-refractivity contribution in [2.45, 2.75) is 110 Å². The van der Waals surface area contributed by atoms with Gasteiger partial charge in [0.25, 0.3) is 0 Å². The fourth-order valence-corrected chi connectivity index (χ4v) is 14.5. The summed E-state index contributed by atoms with van der Waals surface area (Å²) in [6.07, 6.45) is 14.3. The predicted molar refractivity (Wildman–Crippen MR) is 170 cm³/mol. The third-order valence-corrected chi connectivity index (χ3v) is 16.1. The average Bonchev–Trinajstić information content (AvgIpc) is 3.63. The molecule has 0 heterocycles. The van der Waals surface area contributed by atoms with Gasteiger partial charge >= 0.3 is 17.1 Å². The molecule has 0 aliphatic rings. The third-order valence-electron chi connectivity index (χ3n) is 7.66. The normalized spacial score (nSPS) is 11.9. The topological polar surface area (TPSA) is 0 Å². The quantitative estimate of drug-likeness (QED) is 0.0649. The van der Waals surface area contributed by atoms with E-state index < -0.39 is 8.07 Å². The maximum absolute atomic E-state index is 2.42. The van der Waals surface area contributed by atoms with E-state index in [0.717, 1.165) is 0 Å². The Balaban J connectivity index is 0.00000102. The molecule has 3 heteroatoms. The van der Waals surface area contributed by atoms with Crippen LogP contribution < -0.4 is 10.6 Å². The Hall–Kier alpha value is -0.914. The summed E-state index contributed by atoms with van der Waals surface area (Å²) in [5.41, 5.74) is 1.38. The number of rotatable bonds is 17. The van der Waals surface area contributed by atoms with Gasteiger partial charge in [0.05, 0.1) is 8.07 Å². The summed E-state index contributed by atoms with van der Waals surface area (Å²) >= 11 is 0. The van der Waals surface area contributed by atoms with Crippen LogP contribution in [0.2, 0.25) is 24.2 Å². The first kappa shape index (κ1) is 34.1. The summed E-state index contributed by atoms with van der Waals surface area (Å²) in [6.45, 7) is 9.30. The van der Waals surface area contributed by atoms with Gasteiger partial charge in [-0.2, -0.15) is 30.3 Å². The van der Waals surface area contributed by atoms with Gasteiger partial charge < -0.3 is 0 Å². The predicted octanol–water partition coefficient (Wildman–Crippen LogP) is 10.6. The largest absolute Gasteiger partial charge is 2.00 e. The monoisotopic (exact) mass is 576 g/mol. The molecular formula is C34H53FePSi. The average molecular weight is 577 g/mol. The maximum Gasteiger partial charge on any atom is 2.00 e. The molecular weight excluding hydrogens is 523 g/mol. The van der Waals surface area contributed by atoms with Crippen molar-refractivity contribution in [3.8, 4) is 0 Å². The molecule has 3 aromatic rings. The zero-order valence-corrected chi connectivity index (χ0v) is 27.2. The second kappa shape index (κ2) is 21.0. The van der Waals surface area contributed by atoms with Crippen molar-refractivity contribution in [1.29, 1.82) is 0 Å². The Morgan fingerprint density at radius 3 is 1.59 bits per heavy atom. The van der Waals surface area contributed by atoms with Crippen molar-refractivity contribution in [3.63, 3.8) is 0 Å². The molecule has 3 rings (SSSR count). The van der Waals surface area contributed by atoms with E-state index in [1.807, 2.05) is 30.3 Å². The smallest absolute Gasteiger partial charge is 0.214 e. The molecule has 0 fully saturated rings. The molecule has 0 saturated carbocycles. The minimum Gasteiger partial charge on any atom is -0.214 e. The molecule has 0 aliphatic carbocycles. The van der Waals surface area contributed by atoms with Crippen LogP contribution in [0.5, 0.6) is 0 Å². The molecule has 0 amide bonds. The minimum atomic E-state index is -1.21. The van der Waals surface area contributed by atoms with Crippen LogP contribution in [0.25, 0.3) is 0 Å². The molecule has 0 N–H and O–H groups in total. The molecule has 37 heavy (non-hydrogen) atoms. The van der Waals surface area contributed by atoms with Crippen LogP contribution in [0, 0.1) is 6.92 Å². The van der Waals surface area contributed by atoms with Crippen molar-refractivity contribution < 1.29 is 17.1 Å². The fourth-order valence-electron chi connectivity index (χ4n) is 5.35. The van der Waals surface area contributed by atoms with Gasteiger partial charge in [-0.15, -0.1) is 5.30 Å². The Morgan fingerprint density at radius 1 is 0.649 bits per heavy atom. The van der Waals surface area contributed by atoms with Gasteiger partial charge in [0, 0.05) is 0 Å². The van der Waals surface area contributed by atoms with Crippen LogP contribution in [0.4, 0.5) is 0 Å². The van der Waals surface area contributed by atoms with Crippen LogP contribution >= 0.6 is 7.92 Å².